The molecule has 4 nitrogen and oxygen atoms in total. The van der Waals surface area contributed by atoms with Gasteiger partial charge in [-0.05, 0) is 54.3 Å². The molecule has 1 N–H and O–H groups in total. The van der Waals surface area contributed by atoms with Crippen molar-refractivity contribution in [1.29, 1.82) is 0 Å². The Morgan fingerprint density at radius 2 is 1.57 bits per heavy atom. The van der Waals surface area contributed by atoms with E-state index >= 15 is 0 Å². The van der Waals surface area contributed by atoms with Gasteiger partial charge in [-0.1, -0.05) is 48.5 Å². The van der Waals surface area contributed by atoms with Gasteiger partial charge in [0.1, 0.15) is 0 Å². The first-order valence-corrected chi connectivity index (χ1v) is 9.58. The van der Waals surface area contributed by atoms with E-state index in [9.17, 15) is 9.59 Å². The van der Waals surface area contributed by atoms with Crippen LogP contribution in [0.5, 0.6) is 0 Å². The first-order valence-electron chi connectivity index (χ1n) is 9.58. The Morgan fingerprint density at radius 1 is 0.821 bits per heavy atom. The minimum Gasteiger partial charge on any atom is -0.322 e. The number of nitrogens with zero attached hydrogens (tertiary/aromatic N) is 1. The number of nitrogens with one attached hydrogen (secondary N) is 1. The smallest absolute Gasteiger partial charge is 0.255 e. The fourth-order valence-corrected chi connectivity index (χ4v) is 3.48. The summed E-state index contributed by atoms with van der Waals surface area (Å²) in [5.41, 5.74) is 4.31. The van der Waals surface area contributed by atoms with E-state index in [2.05, 4.69) is 5.32 Å². The van der Waals surface area contributed by atoms with Crippen molar-refractivity contribution in [3.8, 4) is 11.1 Å². The molecule has 3 aromatic carbocycles. The number of anilines is 2. The molecule has 1 heterocycles. The van der Waals surface area contributed by atoms with Crippen molar-refractivity contribution < 1.29 is 9.59 Å². The van der Waals surface area contributed by atoms with Gasteiger partial charge in [0.05, 0.1) is 0 Å². The van der Waals surface area contributed by atoms with Crippen LogP contribution in [0.1, 0.15) is 29.6 Å². The minimum atomic E-state index is -0.165. The van der Waals surface area contributed by atoms with Crippen LogP contribution in [0.15, 0.2) is 78.9 Å². The molecule has 28 heavy (non-hydrogen) atoms. The van der Waals surface area contributed by atoms with Crippen LogP contribution in [-0.4, -0.2) is 18.4 Å². The van der Waals surface area contributed by atoms with Gasteiger partial charge in [0.2, 0.25) is 5.91 Å². The fraction of sp³-hybridized carbons (Fsp3) is 0.167. The third-order valence-corrected chi connectivity index (χ3v) is 4.99. The Labute approximate surface area is 164 Å². The second kappa shape index (κ2) is 8.09. The Bertz CT molecular complexity index is 981. The van der Waals surface area contributed by atoms with Crippen molar-refractivity contribution >= 4 is 23.2 Å². The van der Waals surface area contributed by atoms with E-state index in [4.69, 9.17) is 0 Å². The third-order valence-electron chi connectivity index (χ3n) is 4.99. The molecule has 4 heteroatoms. The van der Waals surface area contributed by atoms with Crippen LogP contribution in [0.2, 0.25) is 0 Å². The van der Waals surface area contributed by atoms with Crippen molar-refractivity contribution in [3.05, 3.63) is 84.4 Å². The molecule has 0 radical (unpaired) electrons. The first kappa shape index (κ1) is 18.0. The molecule has 0 unspecified atom stereocenters. The topological polar surface area (TPSA) is 49.4 Å². The lowest BCUT2D eigenvalue weighted by atomic mass is 10.0. The molecule has 2 amide bonds. The molecule has 0 saturated carbocycles. The summed E-state index contributed by atoms with van der Waals surface area (Å²) in [5, 5.41) is 2.93. The second-order valence-corrected chi connectivity index (χ2v) is 6.95. The van der Waals surface area contributed by atoms with E-state index in [1.165, 1.54) is 0 Å². The molecule has 1 fully saturated rings. The average Bonchev–Trinajstić information content (AvgIpc) is 2.75. The van der Waals surface area contributed by atoms with Crippen LogP contribution in [0, 0.1) is 0 Å². The molecule has 0 aliphatic carbocycles. The third kappa shape index (κ3) is 3.96. The maximum absolute atomic E-state index is 12.6. The monoisotopic (exact) mass is 370 g/mol. The summed E-state index contributed by atoms with van der Waals surface area (Å²) in [6.45, 7) is 0.733. The standard InChI is InChI=1S/C24H22N2O2/c27-23-11-4-5-16-26(23)22-10-6-9-21(17-22)25-24(28)20-14-12-19(13-15-20)18-7-2-1-3-8-18/h1-3,6-10,12-15,17H,4-5,11,16H2,(H,25,28). The highest BCUT2D eigenvalue weighted by atomic mass is 16.2. The number of piperidine rings is 1. The quantitative estimate of drug-likeness (QED) is 0.693. The highest BCUT2D eigenvalue weighted by molar-refractivity contribution is 6.05. The maximum Gasteiger partial charge on any atom is 0.255 e. The molecule has 1 saturated heterocycles. The largest absolute Gasteiger partial charge is 0.322 e. The molecule has 1 aliphatic rings. The first-order chi connectivity index (χ1) is 13.7. The zero-order valence-corrected chi connectivity index (χ0v) is 15.6. The normalized spacial score (nSPS) is 14.0. The van der Waals surface area contributed by atoms with Crippen molar-refractivity contribution in [2.75, 3.05) is 16.8 Å². The van der Waals surface area contributed by atoms with E-state index in [1.54, 1.807) is 4.90 Å². The second-order valence-electron chi connectivity index (χ2n) is 6.95. The molecule has 0 spiro atoms. The van der Waals surface area contributed by atoms with Crippen LogP contribution < -0.4 is 10.2 Å². The Kier molecular flexibility index (Phi) is 5.20. The van der Waals surface area contributed by atoms with Gasteiger partial charge >= 0.3 is 0 Å². The predicted molar refractivity (Wildman–Crippen MR) is 112 cm³/mol. The highest BCUT2D eigenvalue weighted by Gasteiger charge is 2.19. The van der Waals surface area contributed by atoms with Gasteiger partial charge in [0.25, 0.3) is 5.91 Å². The summed E-state index contributed by atoms with van der Waals surface area (Å²) < 4.78 is 0. The lowest BCUT2D eigenvalue weighted by Crippen LogP contribution is -2.35. The van der Waals surface area contributed by atoms with E-state index < -0.39 is 0 Å². The number of hydrogen-bond donors (Lipinski definition) is 1. The van der Waals surface area contributed by atoms with Crippen molar-refractivity contribution in [2.45, 2.75) is 19.3 Å². The minimum absolute atomic E-state index is 0.145. The van der Waals surface area contributed by atoms with Crippen molar-refractivity contribution in [2.24, 2.45) is 0 Å². The van der Waals surface area contributed by atoms with Gasteiger partial charge in [0, 0.05) is 29.9 Å². The van der Waals surface area contributed by atoms with Crippen LogP contribution in [0.4, 0.5) is 11.4 Å². The van der Waals surface area contributed by atoms with Crippen LogP contribution >= 0.6 is 0 Å². The molecule has 1 aliphatic heterocycles. The summed E-state index contributed by atoms with van der Waals surface area (Å²) in [5.74, 6) is -0.0204. The van der Waals surface area contributed by atoms with Gasteiger partial charge in [-0.25, -0.2) is 0 Å². The zero-order chi connectivity index (χ0) is 19.3. The van der Waals surface area contributed by atoms with Crippen LogP contribution in [0.3, 0.4) is 0 Å². The maximum atomic E-state index is 12.6. The van der Waals surface area contributed by atoms with Crippen molar-refractivity contribution in [3.63, 3.8) is 0 Å². The van der Waals surface area contributed by atoms with Crippen molar-refractivity contribution in [1.82, 2.24) is 0 Å². The van der Waals surface area contributed by atoms with Crippen LogP contribution in [0.25, 0.3) is 11.1 Å². The SMILES string of the molecule is O=C(Nc1cccc(N2CCCCC2=O)c1)c1ccc(-c2ccccc2)cc1. The summed E-state index contributed by atoms with van der Waals surface area (Å²) in [6, 6.07) is 25.1. The van der Waals surface area contributed by atoms with E-state index in [0.29, 0.717) is 17.7 Å². The molecule has 0 aromatic heterocycles. The molecule has 0 bridgehead atoms. The van der Waals surface area contributed by atoms with Gasteiger partial charge in [-0.15, -0.1) is 0 Å². The Morgan fingerprint density at radius 3 is 2.32 bits per heavy atom. The number of rotatable bonds is 4. The summed E-state index contributed by atoms with van der Waals surface area (Å²) in [6.07, 6.45) is 2.55. The van der Waals surface area contributed by atoms with Gasteiger partial charge < -0.3 is 10.2 Å². The Hall–Kier alpha value is -3.40. The van der Waals surface area contributed by atoms with Crippen LogP contribution in [-0.2, 0) is 4.79 Å². The zero-order valence-electron chi connectivity index (χ0n) is 15.6. The average molecular weight is 370 g/mol. The summed E-state index contributed by atoms with van der Waals surface area (Å²) in [7, 11) is 0. The molecule has 4 rings (SSSR count). The molecule has 3 aromatic rings. The number of hydrogen-bond acceptors (Lipinski definition) is 2. The molecular formula is C24H22N2O2. The number of benzene rings is 3. The Balaban J connectivity index is 1.48. The van der Waals surface area contributed by atoms with E-state index in [0.717, 1.165) is 36.2 Å². The van der Waals surface area contributed by atoms with Gasteiger partial charge in [-0.3, -0.25) is 9.59 Å². The summed E-state index contributed by atoms with van der Waals surface area (Å²) >= 11 is 0. The predicted octanol–water partition coefficient (Wildman–Crippen LogP) is 5.12. The molecule has 0 atom stereocenters. The van der Waals surface area contributed by atoms with Gasteiger partial charge in [-0.2, -0.15) is 0 Å². The highest BCUT2D eigenvalue weighted by Crippen LogP contribution is 2.24. The van der Waals surface area contributed by atoms with E-state index in [-0.39, 0.29) is 11.8 Å². The molecule has 140 valence electrons. The molecular weight excluding hydrogens is 348 g/mol. The van der Waals surface area contributed by atoms with Gasteiger partial charge in [0.15, 0.2) is 0 Å². The lowest BCUT2D eigenvalue weighted by Gasteiger charge is -2.27. The number of carbonyl (C=O) groups is 2. The number of amides is 2. The van der Waals surface area contributed by atoms with E-state index in [1.807, 2.05) is 78.9 Å². The lowest BCUT2D eigenvalue weighted by molar-refractivity contribution is -0.119. The summed E-state index contributed by atoms with van der Waals surface area (Å²) in [4.78, 5) is 26.6. The number of carbonyl (C=O) groups excluding carboxylic acids is 2. The fourth-order valence-electron chi connectivity index (χ4n) is 3.48.